The lowest BCUT2D eigenvalue weighted by Crippen LogP contribution is -2.22. The van der Waals surface area contributed by atoms with Crippen molar-refractivity contribution in [2.45, 2.75) is 12.5 Å². The molecule has 11 aromatic rings. The first-order chi connectivity index (χ1) is 28.3. The SMILES string of the molecule is C1=C(c2ccccc2)N(c2ccc3c(-c4ccc5ccccc5c4)c4ccccc4c(-c4ccc5ccc6cccc7ccc4c5c67)c3c2)C(c2ccccc2)C1. The molecule has 0 N–H and O–H groups in total. The Hall–Kier alpha value is -7.22. The summed E-state index contributed by atoms with van der Waals surface area (Å²) in [4.78, 5) is 2.59. The van der Waals surface area contributed by atoms with Gasteiger partial charge >= 0.3 is 0 Å². The molecule has 11 aromatic carbocycles. The van der Waals surface area contributed by atoms with Gasteiger partial charge < -0.3 is 4.90 Å². The summed E-state index contributed by atoms with van der Waals surface area (Å²) in [6.45, 7) is 0. The van der Waals surface area contributed by atoms with Gasteiger partial charge in [-0.2, -0.15) is 0 Å². The van der Waals surface area contributed by atoms with E-state index >= 15 is 0 Å². The van der Waals surface area contributed by atoms with E-state index in [4.69, 9.17) is 0 Å². The van der Waals surface area contributed by atoms with E-state index in [2.05, 4.69) is 211 Å². The van der Waals surface area contributed by atoms with Crippen LogP contribution in [0.15, 0.2) is 206 Å². The van der Waals surface area contributed by atoms with E-state index in [0.29, 0.717) is 0 Å². The van der Waals surface area contributed by atoms with Crippen molar-refractivity contribution in [3.8, 4) is 22.3 Å². The van der Waals surface area contributed by atoms with Crippen LogP contribution in [0.5, 0.6) is 0 Å². The van der Waals surface area contributed by atoms with Crippen molar-refractivity contribution in [1.29, 1.82) is 0 Å². The molecule has 12 rings (SSSR count). The average Bonchev–Trinajstić information content (AvgIpc) is 3.73. The van der Waals surface area contributed by atoms with Gasteiger partial charge in [0.1, 0.15) is 0 Å². The standard InChI is InChI=1S/C56H37N/c1-3-13-37(14-4-1)51-32-33-52(38-15-5-2-6-16-38)57(51)44-28-31-49-50(35-44)56(48-30-27-41-24-23-39-18-11-19-40-26-29-47(48)55(41)53(39)40)46-21-10-9-20-45(46)54(49)43-25-22-36-12-7-8-17-42(36)34-43/h1-32,34-35,52H,33H2. The van der Waals surface area contributed by atoms with Crippen molar-refractivity contribution in [1.82, 2.24) is 0 Å². The zero-order valence-corrected chi connectivity index (χ0v) is 31.4. The molecule has 1 aliphatic heterocycles. The summed E-state index contributed by atoms with van der Waals surface area (Å²) in [6.07, 6.45) is 3.37. The van der Waals surface area contributed by atoms with Gasteiger partial charge in [-0.1, -0.05) is 188 Å². The van der Waals surface area contributed by atoms with Crippen LogP contribution >= 0.6 is 0 Å². The van der Waals surface area contributed by atoms with Crippen molar-refractivity contribution in [3.05, 3.63) is 217 Å². The van der Waals surface area contributed by atoms with Gasteiger partial charge in [-0.3, -0.25) is 0 Å². The molecular formula is C56H37N. The molecule has 0 spiro atoms. The maximum Gasteiger partial charge on any atom is 0.0626 e. The second-order valence-electron chi connectivity index (χ2n) is 15.5. The molecule has 1 atom stereocenters. The topological polar surface area (TPSA) is 3.24 Å². The second-order valence-corrected chi connectivity index (χ2v) is 15.5. The maximum atomic E-state index is 2.59. The van der Waals surface area contributed by atoms with Crippen LogP contribution in [0.2, 0.25) is 0 Å². The predicted octanol–water partition coefficient (Wildman–Crippen LogP) is 15.4. The predicted molar refractivity (Wildman–Crippen MR) is 244 cm³/mol. The highest BCUT2D eigenvalue weighted by molar-refractivity contribution is 6.29. The van der Waals surface area contributed by atoms with Crippen molar-refractivity contribution >= 4 is 76.0 Å². The molecule has 0 amide bonds. The number of hydrogen-bond acceptors (Lipinski definition) is 1. The molecule has 1 nitrogen and oxygen atoms in total. The van der Waals surface area contributed by atoms with Crippen molar-refractivity contribution in [2.75, 3.05) is 4.90 Å². The smallest absolute Gasteiger partial charge is 0.0626 e. The van der Waals surface area contributed by atoms with Gasteiger partial charge in [0.2, 0.25) is 0 Å². The number of nitrogens with zero attached hydrogens (tertiary/aromatic N) is 1. The Kier molecular flexibility index (Phi) is 7.12. The fraction of sp³-hybridized carbons (Fsp3) is 0.0357. The van der Waals surface area contributed by atoms with Crippen LogP contribution in [0, 0.1) is 0 Å². The van der Waals surface area contributed by atoms with E-state index in [1.54, 1.807) is 0 Å². The van der Waals surface area contributed by atoms with Crippen LogP contribution in [-0.4, -0.2) is 0 Å². The van der Waals surface area contributed by atoms with Crippen LogP contribution < -0.4 is 4.90 Å². The van der Waals surface area contributed by atoms with Gasteiger partial charge in [0.15, 0.2) is 0 Å². The third kappa shape index (κ3) is 4.95. The molecule has 0 bridgehead atoms. The number of hydrogen-bond donors (Lipinski definition) is 0. The van der Waals surface area contributed by atoms with E-state index < -0.39 is 0 Å². The summed E-state index contributed by atoms with van der Waals surface area (Å²) in [6, 6.07) is 74.8. The minimum Gasteiger partial charge on any atom is -0.333 e. The first kappa shape index (κ1) is 32.1. The van der Waals surface area contributed by atoms with Crippen molar-refractivity contribution in [3.63, 3.8) is 0 Å². The summed E-state index contributed by atoms with van der Waals surface area (Å²) in [5.74, 6) is 0. The third-order valence-corrected chi connectivity index (χ3v) is 12.5. The van der Waals surface area contributed by atoms with Crippen molar-refractivity contribution < 1.29 is 0 Å². The lowest BCUT2D eigenvalue weighted by Gasteiger charge is -2.31. The average molecular weight is 724 g/mol. The van der Waals surface area contributed by atoms with Gasteiger partial charge in [-0.05, 0) is 123 Å². The van der Waals surface area contributed by atoms with E-state index in [1.165, 1.54) is 109 Å². The first-order valence-corrected chi connectivity index (χ1v) is 20.0. The van der Waals surface area contributed by atoms with E-state index in [0.717, 1.165) is 6.42 Å². The zero-order valence-electron chi connectivity index (χ0n) is 31.4. The fourth-order valence-corrected chi connectivity index (χ4v) is 9.96. The number of fused-ring (bicyclic) bond motifs is 3. The molecule has 0 aromatic heterocycles. The Bertz CT molecular complexity index is 3360. The van der Waals surface area contributed by atoms with E-state index in [1.807, 2.05) is 0 Å². The second kappa shape index (κ2) is 12.7. The quantitative estimate of drug-likeness (QED) is 0.126. The van der Waals surface area contributed by atoms with Crippen molar-refractivity contribution in [2.24, 2.45) is 0 Å². The normalized spacial score (nSPS) is 14.5. The molecule has 1 aliphatic rings. The third-order valence-electron chi connectivity index (χ3n) is 12.5. The molecule has 0 saturated carbocycles. The van der Waals surface area contributed by atoms with Crippen LogP contribution in [0.1, 0.15) is 23.6 Å². The minimum atomic E-state index is 0.178. The highest BCUT2D eigenvalue weighted by Gasteiger charge is 2.30. The molecule has 0 saturated heterocycles. The monoisotopic (exact) mass is 723 g/mol. The van der Waals surface area contributed by atoms with E-state index in [9.17, 15) is 0 Å². The van der Waals surface area contributed by atoms with E-state index in [-0.39, 0.29) is 6.04 Å². The van der Waals surface area contributed by atoms with Gasteiger partial charge in [0, 0.05) is 11.4 Å². The number of rotatable bonds is 5. The minimum absolute atomic E-state index is 0.178. The largest absolute Gasteiger partial charge is 0.333 e. The van der Waals surface area contributed by atoms with Crippen LogP contribution in [-0.2, 0) is 0 Å². The van der Waals surface area contributed by atoms with Crippen LogP contribution in [0.4, 0.5) is 5.69 Å². The molecule has 0 fully saturated rings. The summed E-state index contributed by atoms with van der Waals surface area (Å²) < 4.78 is 0. The Morgan fingerprint density at radius 1 is 0.368 bits per heavy atom. The molecule has 0 aliphatic carbocycles. The van der Waals surface area contributed by atoms with Gasteiger partial charge in [0.05, 0.1) is 6.04 Å². The molecule has 1 unspecified atom stereocenters. The fourth-order valence-electron chi connectivity index (χ4n) is 9.96. The molecule has 1 heterocycles. The Balaban J connectivity index is 1.20. The summed E-state index contributed by atoms with van der Waals surface area (Å²) >= 11 is 0. The summed E-state index contributed by atoms with van der Waals surface area (Å²) in [7, 11) is 0. The highest BCUT2D eigenvalue weighted by Crippen LogP contribution is 2.50. The molecule has 57 heavy (non-hydrogen) atoms. The number of benzene rings is 11. The molecule has 1 heteroatoms. The Labute approximate surface area is 331 Å². The molecule has 0 radical (unpaired) electrons. The highest BCUT2D eigenvalue weighted by atomic mass is 15.2. The summed E-state index contributed by atoms with van der Waals surface area (Å²) in [5, 5.41) is 15.4. The molecular weight excluding hydrogens is 687 g/mol. The lowest BCUT2D eigenvalue weighted by molar-refractivity contribution is 0.749. The summed E-state index contributed by atoms with van der Waals surface area (Å²) in [5.41, 5.74) is 10.1. The van der Waals surface area contributed by atoms with Crippen LogP contribution in [0.25, 0.3) is 92.6 Å². The van der Waals surface area contributed by atoms with Gasteiger partial charge in [0.25, 0.3) is 0 Å². The Morgan fingerprint density at radius 3 is 1.77 bits per heavy atom. The zero-order chi connectivity index (χ0) is 37.5. The van der Waals surface area contributed by atoms with Crippen LogP contribution in [0.3, 0.4) is 0 Å². The first-order valence-electron chi connectivity index (χ1n) is 20.0. The lowest BCUT2D eigenvalue weighted by atomic mass is 9.83. The van der Waals surface area contributed by atoms with Gasteiger partial charge in [-0.15, -0.1) is 0 Å². The maximum absolute atomic E-state index is 2.59. The Morgan fingerprint density at radius 2 is 0.965 bits per heavy atom. The molecule has 266 valence electrons. The van der Waals surface area contributed by atoms with Gasteiger partial charge in [-0.25, -0.2) is 0 Å². The number of anilines is 1.